The second-order valence-electron chi connectivity index (χ2n) is 9.91. The Kier molecular flexibility index (Phi) is 4.90. The van der Waals surface area contributed by atoms with E-state index in [1.54, 1.807) is 11.8 Å². The van der Waals surface area contributed by atoms with Crippen molar-refractivity contribution in [1.29, 1.82) is 0 Å². The number of anilines is 1. The zero-order valence-corrected chi connectivity index (χ0v) is 18.9. The maximum absolute atomic E-state index is 11.8. The minimum absolute atomic E-state index is 0.0573. The fourth-order valence-electron chi connectivity index (χ4n) is 6.30. The van der Waals surface area contributed by atoms with Gasteiger partial charge in [0.15, 0.2) is 11.5 Å². The van der Waals surface area contributed by atoms with Gasteiger partial charge >= 0.3 is 0 Å². The van der Waals surface area contributed by atoms with Gasteiger partial charge in [0.05, 0.1) is 11.7 Å². The lowest BCUT2D eigenvalue weighted by Gasteiger charge is -2.44. The van der Waals surface area contributed by atoms with Crippen molar-refractivity contribution in [1.82, 2.24) is 4.90 Å². The highest BCUT2D eigenvalue weighted by molar-refractivity contribution is 5.93. The van der Waals surface area contributed by atoms with Crippen molar-refractivity contribution in [2.75, 3.05) is 24.8 Å². The van der Waals surface area contributed by atoms with Gasteiger partial charge in [-0.2, -0.15) is 0 Å². The van der Waals surface area contributed by atoms with Gasteiger partial charge in [0.25, 0.3) is 0 Å². The normalized spacial score (nSPS) is 28.8. The third-order valence-corrected chi connectivity index (χ3v) is 7.98. The number of carbonyl (C=O) groups excluding carboxylic acids is 1. The Hall–Kier alpha value is -2.61. The molecule has 174 valence electrons. The maximum Gasteiger partial charge on any atom is 0.231 e. The molecule has 2 fully saturated rings. The van der Waals surface area contributed by atoms with Crippen LogP contribution in [0.5, 0.6) is 11.5 Å². The van der Waals surface area contributed by atoms with Crippen molar-refractivity contribution in [2.45, 2.75) is 62.8 Å². The summed E-state index contributed by atoms with van der Waals surface area (Å²) in [5, 5.41) is 22.7. The van der Waals surface area contributed by atoms with E-state index in [0.29, 0.717) is 31.7 Å². The molecule has 2 N–H and O–H groups in total. The van der Waals surface area contributed by atoms with Crippen LogP contribution in [-0.2, 0) is 16.8 Å². The zero-order chi connectivity index (χ0) is 22.7. The summed E-state index contributed by atoms with van der Waals surface area (Å²) in [7, 11) is 0. The average Bonchev–Trinajstić information content (AvgIpc) is 3.49. The Bertz CT molecular complexity index is 1090. The van der Waals surface area contributed by atoms with E-state index in [2.05, 4.69) is 11.0 Å². The molecule has 2 aromatic rings. The fraction of sp³-hybridized carbons (Fsp3) is 0.500. The van der Waals surface area contributed by atoms with Crippen molar-refractivity contribution in [2.24, 2.45) is 0 Å². The van der Waals surface area contributed by atoms with Crippen LogP contribution in [0.1, 0.15) is 55.4 Å². The topological polar surface area (TPSA) is 82.5 Å². The Morgan fingerprint density at radius 2 is 1.88 bits per heavy atom. The lowest BCUT2D eigenvalue weighted by molar-refractivity contribution is -0.116. The van der Waals surface area contributed by atoms with E-state index in [0.717, 1.165) is 47.4 Å². The standard InChI is InChI=1S/C26H30N2O5/c1-16(29)27-9-8-17-10-18(2-6-22(17)27)23(30)14-28-20-4-5-21(28)13-26(31,12-20)19-3-7-24-25(11-19)33-15-32-24/h2-3,6-7,10-11,20-21,23,30-31H,4-5,8-9,12-15H2,1H3/t20-,21-,23+/m0/s1. The molecule has 0 aromatic heterocycles. The van der Waals surface area contributed by atoms with E-state index in [9.17, 15) is 15.0 Å². The van der Waals surface area contributed by atoms with E-state index in [1.807, 2.05) is 30.3 Å². The van der Waals surface area contributed by atoms with E-state index < -0.39 is 11.7 Å². The molecule has 4 aliphatic heterocycles. The van der Waals surface area contributed by atoms with E-state index in [1.165, 1.54) is 0 Å². The van der Waals surface area contributed by atoms with Gasteiger partial charge in [0, 0.05) is 37.8 Å². The molecule has 0 radical (unpaired) electrons. The summed E-state index contributed by atoms with van der Waals surface area (Å²) in [6.07, 6.45) is 3.58. The quantitative estimate of drug-likeness (QED) is 0.746. The SMILES string of the molecule is CC(=O)N1CCc2cc([C@H](O)CN3[C@H]4CC[C@H]3CC(O)(c3ccc5c(c3)OCO5)C4)ccc21. The fourth-order valence-corrected chi connectivity index (χ4v) is 6.30. The van der Waals surface area contributed by atoms with Gasteiger partial charge in [-0.1, -0.05) is 18.2 Å². The van der Waals surface area contributed by atoms with Gasteiger partial charge in [0.2, 0.25) is 12.7 Å². The lowest BCUT2D eigenvalue weighted by atomic mass is 9.80. The number of aliphatic hydroxyl groups excluding tert-OH is 1. The molecule has 2 saturated heterocycles. The van der Waals surface area contributed by atoms with Crippen molar-refractivity contribution in [3.05, 3.63) is 53.1 Å². The van der Waals surface area contributed by atoms with Gasteiger partial charge < -0.3 is 24.6 Å². The molecule has 4 aliphatic rings. The van der Waals surface area contributed by atoms with Crippen LogP contribution < -0.4 is 14.4 Å². The first-order valence-corrected chi connectivity index (χ1v) is 11.9. The molecule has 6 rings (SSSR count). The third-order valence-electron chi connectivity index (χ3n) is 7.98. The van der Waals surface area contributed by atoms with Crippen molar-refractivity contribution >= 4 is 11.6 Å². The predicted molar refractivity (Wildman–Crippen MR) is 122 cm³/mol. The highest BCUT2D eigenvalue weighted by Crippen LogP contribution is 2.48. The summed E-state index contributed by atoms with van der Waals surface area (Å²) in [6.45, 7) is 3.08. The van der Waals surface area contributed by atoms with Crippen molar-refractivity contribution < 1.29 is 24.5 Å². The molecule has 2 aromatic carbocycles. The van der Waals surface area contributed by atoms with E-state index in [4.69, 9.17) is 9.47 Å². The Morgan fingerprint density at radius 3 is 2.64 bits per heavy atom. The Labute approximate surface area is 193 Å². The van der Waals surface area contributed by atoms with E-state index in [-0.39, 0.29) is 24.8 Å². The molecule has 7 nitrogen and oxygen atoms in total. The zero-order valence-electron chi connectivity index (χ0n) is 18.9. The molecular formula is C26H30N2O5. The Morgan fingerprint density at radius 1 is 1.12 bits per heavy atom. The summed E-state index contributed by atoms with van der Waals surface area (Å²) in [5.41, 5.74) is 2.98. The number of aliphatic hydroxyl groups is 2. The van der Waals surface area contributed by atoms with Gasteiger partial charge in [-0.05, 0) is 67.0 Å². The van der Waals surface area contributed by atoms with Crippen LogP contribution in [0.15, 0.2) is 36.4 Å². The summed E-state index contributed by atoms with van der Waals surface area (Å²) in [5.74, 6) is 1.49. The van der Waals surface area contributed by atoms with Crippen LogP contribution in [0.3, 0.4) is 0 Å². The van der Waals surface area contributed by atoms with Crippen LogP contribution in [0, 0.1) is 0 Å². The van der Waals surface area contributed by atoms with E-state index >= 15 is 0 Å². The van der Waals surface area contributed by atoms with Crippen LogP contribution in [-0.4, -0.2) is 53.0 Å². The maximum atomic E-state index is 11.8. The van der Waals surface area contributed by atoms with Gasteiger partial charge in [0.1, 0.15) is 0 Å². The number of hydrogen-bond donors (Lipinski definition) is 2. The number of piperidine rings is 1. The summed E-state index contributed by atoms with van der Waals surface area (Å²) >= 11 is 0. The highest BCUT2D eigenvalue weighted by atomic mass is 16.7. The van der Waals surface area contributed by atoms with Gasteiger partial charge in [-0.25, -0.2) is 0 Å². The molecular weight excluding hydrogens is 420 g/mol. The molecule has 0 spiro atoms. The van der Waals surface area contributed by atoms with Crippen LogP contribution in [0.4, 0.5) is 5.69 Å². The lowest BCUT2D eigenvalue weighted by Crippen LogP contribution is -2.50. The summed E-state index contributed by atoms with van der Waals surface area (Å²) < 4.78 is 10.9. The number of nitrogens with zero attached hydrogens (tertiary/aromatic N) is 2. The van der Waals surface area contributed by atoms with Gasteiger partial charge in [-0.3, -0.25) is 9.69 Å². The van der Waals surface area contributed by atoms with Crippen LogP contribution >= 0.6 is 0 Å². The first kappa shape index (κ1) is 21.0. The number of carbonyl (C=O) groups is 1. The molecule has 0 saturated carbocycles. The smallest absolute Gasteiger partial charge is 0.231 e. The van der Waals surface area contributed by atoms with Crippen LogP contribution in [0.25, 0.3) is 0 Å². The summed E-state index contributed by atoms with van der Waals surface area (Å²) in [6, 6.07) is 12.2. The number of benzene rings is 2. The minimum Gasteiger partial charge on any atom is -0.454 e. The van der Waals surface area contributed by atoms with Crippen LogP contribution in [0.2, 0.25) is 0 Å². The number of fused-ring (bicyclic) bond motifs is 4. The second kappa shape index (κ2) is 7.72. The van der Waals surface area contributed by atoms with Crippen molar-refractivity contribution in [3.63, 3.8) is 0 Å². The predicted octanol–water partition coefficient (Wildman–Crippen LogP) is 2.87. The molecule has 0 aliphatic carbocycles. The first-order chi connectivity index (χ1) is 15.9. The minimum atomic E-state index is -0.891. The molecule has 7 heteroatoms. The largest absolute Gasteiger partial charge is 0.454 e. The monoisotopic (exact) mass is 450 g/mol. The average molecular weight is 451 g/mol. The molecule has 1 amide bonds. The summed E-state index contributed by atoms with van der Waals surface area (Å²) in [4.78, 5) is 16.0. The molecule has 3 atom stereocenters. The second-order valence-corrected chi connectivity index (χ2v) is 9.91. The molecule has 0 unspecified atom stereocenters. The number of amides is 1. The van der Waals surface area contributed by atoms with Crippen molar-refractivity contribution in [3.8, 4) is 11.5 Å². The third kappa shape index (κ3) is 3.50. The highest BCUT2D eigenvalue weighted by Gasteiger charge is 2.49. The molecule has 2 bridgehead atoms. The Balaban J connectivity index is 1.17. The first-order valence-electron chi connectivity index (χ1n) is 11.9. The number of hydrogen-bond acceptors (Lipinski definition) is 6. The molecule has 33 heavy (non-hydrogen) atoms. The van der Waals surface area contributed by atoms with Gasteiger partial charge in [-0.15, -0.1) is 0 Å². The number of rotatable bonds is 4. The number of ether oxygens (including phenoxy) is 2. The molecule has 4 heterocycles.